The minimum absolute atomic E-state index is 0.0694. The summed E-state index contributed by atoms with van der Waals surface area (Å²) in [6.07, 6.45) is 0. The fraction of sp³-hybridized carbons (Fsp3) is 0.0714. The summed E-state index contributed by atoms with van der Waals surface area (Å²) in [5.41, 5.74) is 6.63. The van der Waals surface area contributed by atoms with Crippen LogP contribution in [0.2, 0.25) is 10.0 Å². The van der Waals surface area contributed by atoms with E-state index >= 15 is 0 Å². The van der Waals surface area contributed by atoms with Crippen molar-refractivity contribution in [3.63, 3.8) is 0 Å². The Bertz CT molecular complexity index is 662. The van der Waals surface area contributed by atoms with E-state index in [2.05, 4.69) is 0 Å². The van der Waals surface area contributed by atoms with Gasteiger partial charge in [-0.05, 0) is 30.3 Å². The molecule has 0 aliphatic rings. The molecular formula is C14H10Cl2FNO2. The van der Waals surface area contributed by atoms with Crippen molar-refractivity contribution in [1.82, 2.24) is 0 Å². The molecule has 0 atom stereocenters. The van der Waals surface area contributed by atoms with E-state index in [-0.39, 0.29) is 22.9 Å². The Hall–Kier alpha value is -1.78. The molecule has 0 aliphatic carbocycles. The predicted molar refractivity (Wildman–Crippen MR) is 76.4 cm³/mol. The van der Waals surface area contributed by atoms with Gasteiger partial charge in [-0.2, -0.15) is 0 Å². The normalized spacial score (nSPS) is 10.3. The van der Waals surface area contributed by atoms with Gasteiger partial charge in [0, 0.05) is 16.3 Å². The second-order valence-corrected chi connectivity index (χ2v) is 4.89. The molecule has 2 N–H and O–H groups in total. The van der Waals surface area contributed by atoms with Gasteiger partial charge in [0.1, 0.15) is 12.4 Å². The van der Waals surface area contributed by atoms with Crippen molar-refractivity contribution in [2.45, 2.75) is 6.61 Å². The molecule has 6 heteroatoms. The van der Waals surface area contributed by atoms with Crippen molar-refractivity contribution in [3.8, 4) is 0 Å². The van der Waals surface area contributed by atoms with E-state index in [0.717, 1.165) is 6.07 Å². The van der Waals surface area contributed by atoms with Gasteiger partial charge in [0.2, 0.25) is 0 Å². The Labute approximate surface area is 125 Å². The molecule has 104 valence electrons. The van der Waals surface area contributed by atoms with Crippen LogP contribution in [0.3, 0.4) is 0 Å². The van der Waals surface area contributed by atoms with Crippen LogP contribution in [0.4, 0.5) is 10.1 Å². The summed E-state index contributed by atoms with van der Waals surface area (Å²) in [5.74, 6) is -1.05. The van der Waals surface area contributed by atoms with Crippen LogP contribution < -0.4 is 5.73 Å². The number of rotatable bonds is 3. The maximum atomic E-state index is 12.9. The lowest BCUT2D eigenvalue weighted by molar-refractivity contribution is 0.0474. The second kappa shape index (κ2) is 6.11. The van der Waals surface area contributed by atoms with Gasteiger partial charge in [0.25, 0.3) is 0 Å². The van der Waals surface area contributed by atoms with Crippen molar-refractivity contribution < 1.29 is 13.9 Å². The first-order chi connectivity index (χ1) is 9.47. The van der Waals surface area contributed by atoms with Gasteiger partial charge in [-0.25, -0.2) is 9.18 Å². The molecule has 0 amide bonds. The monoisotopic (exact) mass is 313 g/mol. The summed E-state index contributed by atoms with van der Waals surface area (Å²) >= 11 is 11.6. The highest BCUT2D eigenvalue weighted by Crippen LogP contribution is 2.21. The number of carbonyl (C=O) groups excluding carboxylic acids is 1. The summed E-state index contributed by atoms with van der Waals surface area (Å²) in [6.45, 7) is -0.0694. The minimum atomic E-state index is -0.598. The number of esters is 1. The van der Waals surface area contributed by atoms with Crippen LogP contribution in [0.25, 0.3) is 0 Å². The zero-order valence-corrected chi connectivity index (χ0v) is 11.7. The van der Waals surface area contributed by atoms with E-state index in [1.807, 2.05) is 0 Å². The topological polar surface area (TPSA) is 52.3 Å². The number of hydrogen-bond acceptors (Lipinski definition) is 3. The van der Waals surface area contributed by atoms with Gasteiger partial charge < -0.3 is 10.5 Å². The van der Waals surface area contributed by atoms with E-state index in [1.165, 1.54) is 24.3 Å². The summed E-state index contributed by atoms with van der Waals surface area (Å²) in [7, 11) is 0. The van der Waals surface area contributed by atoms with Crippen LogP contribution in [0.1, 0.15) is 15.9 Å². The van der Waals surface area contributed by atoms with Gasteiger partial charge in [0.15, 0.2) is 0 Å². The average Bonchev–Trinajstić information content (AvgIpc) is 2.37. The molecule has 0 heterocycles. The quantitative estimate of drug-likeness (QED) is 0.686. The first-order valence-corrected chi connectivity index (χ1v) is 6.39. The van der Waals surface area contributed by atoms with Crippen LogP contribution in [-0.4, -0.2) is 5.97 Å². The van der Waals surface area contributed by atoms with Crippen LogP contribution in [-0.2, 0) is 11.3 Å². The summed E-state index contributed by atoms with van der Waals surface area (Å²) in [5, 5.41) is 0.627. The first-order valence-electron chi connectivity index (χ1n) is 5.63. The highest BCUT2D eigenvalue weighted by Gasteiger charge is 2.12. The third-order valence-corrected chi connectivity index (χ3v) is 3.19. The molecule has 0 spiro atoms. The first kappa shape index (κ1) is 14.6. The number of nitrogens with two attached hydrogens (primary N) is 1. The van der Waals surface area contributed by atoms with Crippen molar-refractivity contribution in [1.29, 1.82) is 0 Å². The van der Waals surface area contributed by atoms with Crippen LogP contribution >= 0.6 is 23.2 Å². The molecule has 0 aliphatic heterocycles. The maximum Gasteiger partial charge on any atom is 0.340 e. The molecular weight excluding hydrogens is 304 g/mol. The molecule has 2 aromatic carbocycles. The Morgan fingerprint density at radius 1 is 1.20 bits per heavy atom. The molecule has 0 saturated heterocycles. The van der Waals surface area contributed by atoms with Crippen LogP contribution in [0, 0.1) is 5.82 Å². The number of ether oxygens (including phenoxy) is 1. The lowest BCUT2D eigenvalue weighted by Crippen LogP contribution is -2.08. The number of carbonyl (C=O) groups is 1. The number of benzene rings is 2. The van der Waals surface area contributed by atoms with Gasteiger partial charge in [-0.1, -0.05) is 29.3 Å². The predicted octanol–water partition coefficient (Wildman–Crippen LogP) is 4.07. The van der Waals surface area contributed by atoms with Crippen LogP contribution in [0.5, 0.6) is 0 Å². The molecule has 0 fully saturated rings. The molecule has 20 heavy (non-hydrogen) atoms. The van der Waals surface area contributed by atoms with E-state index in [1.54, 1.807) is 6.07 Å². The Morgan fingerprint density at radius 3 is 2.60 bits per heavy atom. The zero-order chi connectivity index (χ0) is 14.7. The largest absolute Gasteiger partial charge is 0.457 e. The van der Waals surface area contributed by atoms with Crippen molar-refractivity contribution in [3.05, 3.63) is 63.4 Å². The molecule has 0 saturated carbocycles. The number of nitrogen functional groups attached to an aromatic ring is 1. The maximum absolute atomic E-state index is 12.9. The number of hydrogen-bond donors (Lipinski definition) is 1. The van der Waals surface area contributed by atoms with Gasteiger partial charge in [0.05, 0.1) is 10.6 Å². The SMILES string of the molecule is Nc1cc(Cl)ccc1C(=O)OCc1ccc(F)cc1Cl. The molecule has 2 rings (SSSR count). The fourth-order valence-electron chi connectivity index (χ4n) is 1.58. The Balaban J connectivity index is 2.08. The zero-order valence-electron chi connectivity index (χ0n) is 10.2. The Kier molecular flexibility index (Phi) is 4.47. The summed E-state index contributed by atoms with van der Waals surface area (Å²) in [4.78, 5) is 11.9. The van der Waals surface area contributed by atoms with Crippen LogP contribution in [0.15, 0.2) is 36.4 Å². The van der Waals surface area contributed by atoms with Crippen molar-refractivity contribution in [2.24, 2.45) is 0 Å². The van der Waals surface area contributed by atoms with Gasteiger partial charge >= 0.3 is 5.97 Å². The number of anilines is 1. The van der Waals surface area contributed by atoms with E-state index in [9.17, 15) is 9.18 Å². The minimum Gasteiger partial charge on any atom is -0.457 e. The molecule has 2 aromatic rings. The lowest BCUT2D eigenvalue weighted by Gasteiger charge is -2.08. The van der Waals surface area contributed by atoms with Gasteiger partial charge in [-0.3, -0.25) is 0 Å². The van der Waals surface area contributed by atoms with E-state index in [0.29, 0.717) is 10.6 Å². The summed E-state index contributed by atoms with van der Waals surface area (Å²) < 4.78 is 18.0. The van der Waals surface area contributed by atoms with E-state index in [4.69, 9.17) is 33.7 Å². The Morgan fingerprint density at radius 2 is 1.95 bits per heavy atom. The lowest BCUT2D eigenvalue weighted by atomic mass is 10.2. The molecule has 0 radical (unpaired) electrons. The van der Waals surface area contributed by atoms with Crippen molar-refractivity contribution in [2.75, 3.05) is 5.73 Å². The molecule has 0 unspecified atom stereocenters. The third-order valence-electron chi connectivity index (χ3n) is 2.61. The van der Waals surface area contributed by atoms with Crippen molar-refractivity contribution >= 4 is 34.9 Å². The third kappa shape index (κ3) is 3.40. The molecule has 3 nitrogen and oxygen atoms in total. The summed E-state index contributed by atoms with van der Waals surface area (Å²) in [6, 6.07) is 8.33. The van der Waals surface area contributed by atoms with Gasteiger partial charge in [-0.15, -0.1) is 0 Å². The number of halogens is 3. The standard InChI is InChI=1S/C14H10Cl2FNO2/c15-9-2-4-11(13(18)5-9)14(19)20-7-8-1-3-10(17)6-12(8)16/h1-6H,7,18H2. The van der Waals surface area contributed by atoms with E-state index < -0.39 is 11.8 Å². The molecule has 0 aromatic heterocycles. The molecule has 0 bridgehead atoms. The highest BCUT2D eigenvalue weighted by molar-refractivity contribution is 6.31. The highest BCUT2D eigenvalue weighted by atomic mass is 35.5. The average molecular weight is 314 g/mol. The smallest absolute Gasteiger partial charge is 0.340 e. The second-order valence-electron chi connectivity index (χ2n) is 4.04. The fourth-order valence-corrected chi connectivity index (χ4v) is 1.98.